The number of rotatable bonds is 9. The van der Waals surface area contributed by atoms with Crippen molar-refractivity contribution in [3.05, 3.63) is 193 Å². The third-order valence-corrected chi connectivity index (χ3v) is 12.0. The first kappa shape index (κ1) is 40.4. The summed E-state index contributed by atoms with van der Waals surface area (Å²) in [7, 11) is 0. The molecule has 9 rings (SSSR count). The van der Waals surface area contributed by atoms with E-state index in [9.17, 15) is 5.11 Å². The van der Waals surface area contributed by atoms with Crippen LogP contribution in [0.1, 0.15) is 77.0 Å². The second-order valence-electron chi connectivity index (χ2n) is 18.1. The Morgan fingerprint density at radius 2 is 1.13 bits per heavy atom. The summed E-state index contributed by atoms with van der Waals surface area (Å²) in [4.78, 5) is 10.5. The summed E-state index contributed by atoms with van der Waals surface area (Å²) in [5, 5.41) is 12.2. The maximum Gasteiger partial charge on any atom is 0.149 e. The molecule has 2 aromatic heterocycles. The highest BCUT2D eigenvalue weighted by molar-refractivity contribution is 5.98. The molecule has 0 fully saturated rings. The number of hydrogen-bond donors (Lipinski definition) is 1. The Balaban J connectivity index is 1.33. The van der Waals surface area contributed by atoms with Crippen molar-refractivity contribution in [2.45, 2.75) is 65.7 Å². The molecule has 0 aliphatic heterocycles. The van der Waals surface area contributed by atoms with Crippen LogP contribution < -0.4 is 0 Å². The molecule has 0 spiro atoms. The van der Waals surface area contributed by atoms with Crippen LogP contribution in [-0.4, -0.2) is 19.6 Å². The number of pyridine rings is 1. The SMILES string of the molecule is CC(C)c1cc(-c2nc3c(-c4cc(-c5ccccc5)cc(-c5cc(-c6ccccc6)ccn5)c4)cccc3n2-c2ccc(-c3ccccc3)c(C(C)(C)C)c2)c(O)c(C(C)C)c1. The summed E-state index contributed by atoms with van der Waals surface area (Å²) in [6.07, 6.45) is 1.90. The lowest BCUT2D eigenvalue weighted by atomic mass is 9.81. The monoisotopic (exact) mass is 807 g/mol. The van der Waals surface area contributed by atoms with Gasteiger partial charge in [-0.2, -0.15) is 0 Å². The summed E-state index contributed by atoms with van der Waals surface area (Å²) < 4.78 is 2.26. The normalized spacial score (nSPS) is 11.8. The maximum atomic E-state index is 12.2. The van der Waals surface area contributed by atoms with Gasteiger partial charge in [-0.3, -0.25) is 9.55 Å². The summed E-state index contributed by atoms with van der Waals surface area (Å²) >= 11 is 0. The molecule has 0 bridgehead atoms. The molecule has 62 heavy (non-hydrogen) atoms. The van der Waals surface area contributed by atoms with E-state index in [0.29, 0.717) is 5.82 Å². The zero-order valence-corrected chi connectivity index (χ0v) is 36.7. The van der Waals surface area contributed by atoms with E-state index in [1.165, 1.54) is 22.3 Å². The van der Waals surface area contributed by atoms with Crippen LogP contribution >= 0.6 is 0 Å². The lowest BCUT2D eigenvalue weighted by Gasteiger charge is -2.25. The van der Waals surface area contributed by atoms with Crippen molar-refractivity contribution in [3.8, 4) is 78.6 Å². The van der Waals surface area contributed by atoms with Gasteiger partial charge in [0.1, 0.15) is 11.6 Å². The summed E-state index contributed by atoms with van der Waals surface area (Å²) in [5.41, 5.74) is 17.5. The van der Waals surface area contributed by atoms with Crippen molar-refractivity contribution >= 4 is 11.0 Å². The molecule has 7 aromatic carbocycles. The highest BCUT2D eigenvalue weighted by Crippen LogP contribution is 2.44. The number of phenols is 1. The molecule has 0 radical (unpaired) electrons. The molecule has 0 saturated heterocycles. The topological polar surface area (TPSA) is 50.9 Å². The molecule has 4 heteroatoms. The molecule has 0 aliphatic rings. The van der Waals surface area contributed by atoms with E-state index >= 15 is 0 Å². The van der Waals surface area contributed by atoms with Gasteiger partial charge in [0.05, 0.1) is 22.3 Å². The second-order valence-corrected chi connectivity index (χ2v) is 18.1. The largest absolute Gasteiger partial charge is 0.507 e. The second kappa shape index (κ2) is 16.4. The smallest absolute Gasteiger partial charge is 0.149 e. The summed E-state index contributed by atoms with van der Waals surface area (Å²) in [6, 6.07) is 60.2. The van der Waals surface area contributed by atoms with Gasteiger partial charge in [-0.25, -0.2) is 4.98 Å². The number of benzene rings is 7. The van der Waals surface area contributed by atoms with Crippen molar-refractivity contribution in [3.63, 3.8) is 0 Å². The minimum absolute atomic E-state index is 0.117. The number of para-hydroxylation sites is 1. The average Bonchev–Trinajstić information content (AvgIpc) is 3.69. The Morgan fingerprint density at radius 1 is 0.500 bits per heavy atom. The number of aromatic hydroxyl groups is 1. The number of imidazole rings is 1. The maximum absolute atomic E-state index is 12.2. The summed E-state index contributed by atoms with van der Waals surface area (Å²) in [6.45, 7) is 15.5. The number of nitrogens with zero attached hydrogens (tertiary/aromatic N) is 3. The van der Waals surface area contributed by atoms with Crippen LogP contribution in [0.3, 0.4) is 0 Å². The van der Waals surface area contributed by atoms with Crippen molar-refractivity contribution in [1.29, 1.82) is 0 Å². The Bertz CT molecular complexity index is 3050. The third kappa shape index (κ3) is 7.74. The lowest BCUT2D eigenvalue weighted by molar-refractivity contribution is 0.466. The molecule has 0 unspecified atom stereocenters. The molecule has 0 aliphatic carbocycles. The molecule has 9 aromatic rings. The Hall–Kier alpha value is -7.04. The van der Waals surface area contributed by atoms with Gasteiger partial charge in [-0.05, 0) is 127 Å². The standard InChI is InChI=1S/C58H53N3O/c1-37(2)43-33-50(38(3)4)56(62)51(34-43)57-60-55-49(24-17-25-54(55)61(57)47-26-27-48(41-22-15-10-16-23-41)52(36-47)58(5,6)7)45-30-44(40-20-13-9-14-21-40)31-46(32-45)53-35-42(28-29-59-53)39-18-11-8-12-19-39/h8-38,62H,1-7H3. The third-order valence-electron chi connectivity index (χ3n) is 12.0. The zero-order valence-electron chi connectivity index (χ0n) is 36.7. The van der Waals surface area contributed by atoms with E-state index < -0.39 is 0 Å². The van der Waals surface area contributed by atoms with Crippen LogP contribution in [0.5, 0.6) is 5.75 Å². The average molecular weight is 808 g/mol. The minimum atomic E-state index is -0.159. The van der Waals surface area contributed by atoms with Crippen molar-refractivity contribution < 1.29 is 5.11 Å². The van der Waals surface area contributed by atoms with Gasteiger partial charge < -0.3 is 5.11 Å². The number of hydrogen-bond acceptors (Lipinski definition) is 3. The minimum Gasteiger partial charge on any atom is -0.507 e. The molecule has 0 amide bonds. The molecule has 306 valence electrons. The van der Waals surface area contributed by atoms with Crippen LogP contribution in [0.4, 0.5) is 0 Å². The van der Waals surface area contributed by atoms with E-state index in [-0.39, 0.29) is 23.0 Å². The van der Waals surface area contributed by atoms with Crippen LogP contribution in [0.15, 0.2) is 176 Å². The van der Waals surface area contributed by atoms with Crippen LogP contribution in [0.25, 0.3) is 83.9 Å². The quantitative estimate of drug-likeness (QED) is 0.158. The first-order valence-corrected chi connectivity index (χ1v) is 21.8. The fourth-order valence-electron chi connectivity index (χ4n) is 8.69. The molecular weight excluding hydrogens is 755 g/mol. The van der Waals surface area contributed by atoms with E-state index in [1.807, 2.05) is 12.3 Å². The van der Waals surface area contributed by atoms with Gasteiger partial charge in [0.2, 0.25) is 0 Å². The first-order valence-electron chi connectivity index (χ1n) is 21.8. The molecule has 1 N–H and O–H groups in total. The molecule has 2 heterocycles. The fraction of sp³-hybridized carbons (Fsp3) is 0.172. The van der Waals surface area contributed by atoms with Crippen molar-refractivity contribution in [1.82, 2.24) is 14.5 Å². The molecule has 0 atom stereocenters. The van der Waals surface area contributed by atoms with Gasteiger partial charge in [0.15, 0.2) is 0 Å². The van der Waals surface area contributed by atoms with Crippen molar-refractivity contribution in [2.24, 2.45) is 0 Å². The molecule has 0 saturated carbocycles. The first-order chi connectivity index (χ1) is 29.9. The Labute approximate surface area is 366 Å². The zero-order chi connectivity index (χ0) is 43.1. The Kier molecular flexibility index (Phi) is 10.7. The van der Waals surface area contributed by atoms with E-state index in [1.54, 1.807) is 0 Å². The number of aromatic nitrogens is 3. The van der Waals surface area contributed by atoms with E-state index in [2.05, 4.69) is 217 Å². The van der Waals surface area contributed by atoms with Crippen LogP contribution in [0, 0.1) is 0 Å². The predicted molar refractivity (Wildman–Crippen MR) is 260 cm³/mol. The number of fused-ring (bicyclic) bond motifs is 1. The lowest BCUT2D eigenvalue weighted by Crippen LogP contribution is -2.14. The van der Waals surface area contributed by atoms with Gasteiger partial charge in [-0.1, -0.05) is 164 Å². The highest BCUT2D eigenvalue weighted by Gasteiger charge is 2.26. The predicted octanol–water partition coefficient (Wildman–Crippen LogP) is 15.7. The number of phenolic OH excluding ortho intramolecular Hbond substituents is 1. The summed E-state index contributed by atoms with van der Waals surface area (Å²) in [5.74, 6) is 1.35. The van der Waals surface area contributed by atoms with E-state index in [4.69, 9.17) is 9.97 Å². The molecular formula is C58H53N3O. The van der Waals surface area contributed by atoms with Crippen LogP contribution in [-0.2, 0) is 5.41 Å². The van der Waals surface area contributed by atoms with E-state index in [0.717, 1.165) is 72.5 Å². The van der Waals surface area contributed by atoms with Gasteiger partial charge >= 0.3 is 0 Å². The fourth-order valence-corrected chi connectivity index (χ4v) is 8.69. The van der Waals surface area contributed by atoms with Crippen LogP contribution in [0.2, 0.25) is 0 Å². The highest BCUT2D eigenvalue weighted by atomic mass is 16.3. The van der Waals surface area contributed by atoms with Gasteiger partial charge in [-0.15, -0.1) is 0 Å². The molecule has 4 nitrogen and oxygen atoms in total. The Morgan fingerprint density at radius 3 is 1.77 bits per heavy atom. The van der Waals surface area contributed by atoms with Gasteiger partial charge in [0.25, 0.3) is 0 Å². The van der Waals surface area contributed by atoms with Crippen molar-refractivity contribution in [2.75, 3.05) is 0 Å². The van der Waals surface area contributed by atoms with Gasteiger partial charge in [0, 0.05) is 23.0 Å².